The lowest BCUT2D eigenvalue weighted by molar-refractivity contribution is -0.122. The predicted molar refractivity (Wildman–Crippen MR) is 69.6 cm³/mol. The van der Waals surface area contributed by atoms with E-state index in [0.29, 0.717) is 13.1 Å². The van der Waals surface area contributed by atoms with E-state index in [4.69, 9.17) is 6.42 Å². The van der Waals surface area contributed by atoms with E-state index in [0.717, 1.165) is 26.2 Å². The van der Waals surface area contributed by atoms with Crippen molar-refractivity contribution in [1.82, 2.24) is 15.1 Å². The molecule has 1 saturated heterocycles. The van der Waals surface area contributed by atoms with E-state index < -0.39 is 0 Å². The van der Waals surface area contributed by atoms with Gasteiger partial charge in [-0.1, -0.05) is 5.92 Å². The van der Waals surface area contributed by atoms with E-state index in [2.05, 4.69) is 41.8 Å². The molecule has 0 spiro atoms. The number of nitrogens with one attached hydrogen (secondary N) is 1. The molecule has 0 aromatic carbocycles. The molecule has 4 heteroatoms. The fourth-order valence-corrected chi connectivity index (χ4v) is 1.99. The van der Waals surface area contributed by atoms with E-state index >= 15 is 0 Å². The molecule has 0 radical (unpaired) electrons. The lowest BCUT2D eigenvalue weighted by Gasteiger charge is -2.42. The van der Waals surface area contributed by atoms with Gasteiger partial charge in [-0.3, -0.25) is 14.6 Å². The van der Waals surface area contributed by atoms with Gasteiger partial charge in [-0.2, -0.15) is 0 Å². The van der Waals surface area contributed by atoms with Gasteiger partial charge in [-0.25, -0.2) is 0 Å². The van der Waals surface area contributed by atoms with Crippen LogP contribution >= 0.6 is 0 Å². The van der Waals surface area contributed by atoms with Gasteiger partial charge in [0.25, 0.3) is 0 Å². The van der Waals surface area contributed by atoms with Crippen molar-refractivity contribution in [2.75, 3.05) is 39.3 Å². The summed E-state index contributed by atoms with van der Waals surface area (Å²) in [6, 6.07) is 0. The third kappa shape index (κ3) is 4.76. The van der Waals surface area contributed by atoms with Crippen LogP contribution in [0.5, 0.6) is 0 Å². The molecule has 0 aromatic heterocycles. The van der Waals surface area contributed by atoms with Crippen molar-refractivity contribution in [3.63, 3.8) is 0 Å². The van der Waals surface area contributed by atoms with Crippen molar-refractivity contribution in [3.8, 4) is 12.3 Å². The minimum Gasteiger partial charge on any atom is -0.344 e. The molecule has 0 aromatic rings. The van der Waals surface area contributed by atoms with Crippen molar-refractivity contribution in [1.29, 1.82) is 0 Å². The van der Waals surface area contributed by atoms with Crippen molar-refractivity contribution in [2.45, 2.75) is 26.3 Å². The zero-order valence-electron chi connectivity index (χ0n) is 11.1. The van der Waals surface area contributed by atoms with Crippen LogP contribution in [-0.2, 0) is 4.79 Å². The lowest BCUT2D eigenvalue weighted by atomic mass is 10.1. The van der Waals surface area contributed by atoms with Crippen LogP contribution < -0.4 is 5.32 Å². The average molecular weight is 237 g/mol. The summed E-state index contributed by atoms with van der Waals surface area (Å²) < 4.78 is 0. The smallest absolute Gasteiger partial charge is 0.234 e. The molecule has 0 aliphatic carbocycles. The van der Waals surface area contributed by atoms with Gasteiger partial charge >= 0.3 is 0 Å². The number of rotatable bonds is 3. The maximum atomic E-state index is 11.5. The summed E-state index contributed by atoms with van der Waals surface area (Å²) in [4.78, 5) is 16.1. The largest absolute Gasteiger partial charge is 0.344 e. The number of amides is 1. The summed E-state index contributed by atoms with van der Waals surface area (Å²) in [5, 5.41) is 2.69. The van der Waals surface area contributed by atoms with E-state index in [9.17, 15) is 4.79 Å². The highest BCUT2D eigenvalue weighted by Crippen LogP contribution is 2.15. The second-order valence-corrected chi connectivity index (χ2v) is 5.41. The highest BCUT2D eigenvalue weighted by Gasteiger charge is 2.26. The molecule has 0 saturated carbocycles. The normalized spacial score (nSPS) is 18.7. The highest BCUT2D eigenvalue weighted by atomic mass is 16.2. The molecule has 1 N–H and O–H groups in total. The van der Waals surface area contributed by atoms with Crippen LogP contribution in [0.25, 0.3) is 0 Å². The Hall–Kier alpha value is -1.05. The molecular weight excluding hydrogens is 214 g/mol. The van der Waals surface area contributed by atoms with Crippen molar-refractivity contribution >= 4 is 5.91 Å². The number of piperazine rings is 1. The topological polar surface area (TPSA) is 35.6 Å². The molecule has 1 aliphatic heterocycles. The minimum atomic E-state index is 0.0205. The summed E-state index contributed by atoms with van der Waals surface area (Å²) in [7, 11) is 0. The van der Waals surface area contributed by atoms with E-state index in [1.54, 1.807) is 0 Å². The van der Waals surface area contributed by atoms with Crippen molar-refractivity contribution < 1.29 is 4.79 Å². The second kappa shape index (κ2) is 6.04. The second-order valence-electron chi connectivity index (χ2n) is 5.41. The Bertz CT molecular complexity index is 293. The molecular formula is C13H23N3O. The van der Waals surface area contributed by atoms with E-state index in [1.165, 1.54) is 0 Å². The molecule has 0 atom stereocenters. The quantitative estimate of drug-likeness (QED) is 0.710. The molecule has 1 fully saturated rings. The summed E-state index contributed by atoms with van der Waals surface area (Å²) in [6.45, 7) is 11.4. The Morgan fingerprint density at radius 3 is 2.35 bits per heavy atom. The monoisotopic (exact) mass is 237 g/mol. The van der Waals surface area contributed by atoms with Crippen LogP contribution in [0.3, 0.4) is 0 Å². The van der Waals surface area contributed by atoms with Gasteiger partial charge in [0, 0.05) is 31.7 Å². The third-order valence-corrected chi connectivity index (χ3v) is 3.08. The van der Waals surface area contributed by atoms with Gasteiger partial charge < -0.3 is 5.32 Å². The van der Waals surface area contributed by atoms with Crippen LogP contribution in [0.1, 0.15) is 20.8 Å². The van der Waals surface area contributed by atoms with Crippen LogP contribution in [0.15, 0.2) is 0 Å². The zero-order valence-corrected chi connectivity index (χ0v) is 11.1. The van der Waals surface area contributed by atoms with Gasteiger partial charge in [-0.15, -0.1) is 6.42 Å². The Labute approximate surface area is 104 Å². The van der Waals surface area contributed by atoms with Crippen LogP contribution in [0.4, 0.5) is 0 Å². The molecule has 0 bridgehead atoms. The number of carbonyl (C=O) groups excluding carboxylic acids is 1. The Balaban J connectivity index is 2.28. The summed E-state index contributed by atoms with van der Waals surface area (Å²) in [5.74, 6) is 2.42. The number of hydrogen-bond acceptors (Lipinski definition) is 3. The molecule has 4 nitrogen and oxygen atoms in total. The highest BCUT2D eigenvalue weighted by molar-refractivity contribution is 5.78. The standard InChI is InChI=1S/C13H23N3O/c1-5-6-14-12(17)11-15-7-9-16(10-8-15)13(2,3)4/h1H,6-11H2,2-4H3,(H,14,17). The number of carbonyl (C=O) groups is 1. The summed E-state index contributed by atoms with van der Waals surface area (Å²) in [5.41, 5.74) is 0.220. The Morgan fingerprint density at radius 2 is 1.88 bits per heavy atom. The molecule has 1 aliphatic rings. The van der Waals surface area contributed by atoms with Gasteiger partial charge in [0.05, 0.1) is 13.1 Å². The van der Waals surface area contributed by atoms with Gasteiger partial charge in [0.1, 0.15) is 0 Å². The molecule has 96 valence electrons. The summed E-state index contributed by atoms with van der Waals surface area (Å²) in [6.07, 6.45) is 5.09. The Kier molecular flexibility index (Phi) is 4.98. The van der Waals surface area contributed by atoms with E-state index in [-0.39, 0.29) is 11.4 Å². The number of terminal acetylenes is 1. The molecule has 1 rings (SSSR count). The first-order valence-corrected chi connectivity index (χ1v) is 6.11. The molecule has 1 heterocycles. The van der Waals surface area contributed by atoms with Crippen LogP contribution in [0.2, 0.25) is 0 Å². The van der Waals surface area contributed by atoms with Crippen molar-refractivity contribution in [3.05, 3.63) is 0 Å². The number of nitrogens with zero attached hydrogens (tertiary/aromatic N) is 2. The number of hydrogen-bond donors (Lipinski definition) is 1. The van der Waals surface area contributed by atoms with Crippen LogP contribution in [-0.4, -0.2) is 60.5 Å². The zero-order chi connectivity index (χ0) is 12.9. The SMILES string of the molecule is C#CCNC(=O)CN1CCN(C(C)(C)C)CC1. The molecule has 1 amide bonds. The molecule has 17 heavy (non-hydrogen) atoms. The fourth-order valence-electron chi connectivity index (χ4n) is 1.99. The Morgan fingerprint density at radius 1 is 1.29 bits per heavy atom. The van der Waals surface area contributed by atoms with Gasteiger partial charge in [-0.05, 0) is 20.8 Å². The van der Waals surface area contributed by atoms with Crippen molar-refractivity contribution in [2.24, 2.45) is 0 Å². The van der Waals surface area contributed by atoms with E-state index in [1.807, 2.05) is 0 Å². The fraction of sp³-hybridized carbons (Fsp3) is 0.769. The average Bonchev–Trinajstić information content (AvgIpc) is 2.26. The predicted octanol–water partition coefficient (Wildman–Crippen LogP) is 0.152. The lowest BCUT2D eigenvalue weighted by Crippen LogP contribution is -2.54. The van der Waals surface area contributed by atoms with Crippen LogP contribution in [0, 0.1) is 12.3 Å². The minimum absolute atomic E-state index is 0.0205. The summed E-state index contributed by atoms with van der Waals surface area (Å²) >= 11 is 0. The first-order valence-electron chi connectivity index (χ1n) is 6.11. The van der Waals surface area contributed by atoms with Gasteiger partial charge in [0.2, 0.25) is 5.91 Å². The molecule has 0 unspecified atom stereocenters. The van der Waals surface area contributed by atoms with Gasteiger partial charge in [0.15, 0.2) is 0 Å². The first-order chi connectivity index (χ1) is 7.93. The third-order valence-electron chi connectivity index (χ3n) is 3.08. The first kappa shape index (κ1) is 14.0. The maximum Gasteiger partial charge on any atom is 0.234 e. The maximum absolute atomic E-state index is 11.5.